The van der Waals surface area contributed by atoms with Gasteiger partial charge in [-0.3, -0.25) is 4.98 Å². The fourth-order valence-corrected chi connectivity index (χ4v) is 2.80. The Labute approximate surface area is 110 Å². The maximum absolute atomic E-state index is 6.14. The van der Waals surface area contributed by atoms with Crippen molar-refractivity contribution < 1.29 is 0 Å². The number of thioether (sulfide) groups is 1. The molecule has 0 aliphatic heterocycles. The van der Waals surface area contributed by atoms with Crippen LogP contribution in [0.25, 0.3) is 0 Å². The molecule has 1 aromatic heterocycles. The second kappa shape index (κ2) is 6.05. The number of rotatable bonds is 4. The van der Waals surface area contributed by atoms with E-state index in [1.807, 2.05) is 42.6 Å². The molecule has 0 saturated carbocycles. The minimum absolute atomic E-state index is 0.184. The molecular formula is C13H13ClN2S. The van der Waals surface area contributed by atoms with Crippen LogP contribution in [0, 0.1) is 0 Å². The molecule has 1 unspecified atom stereocenters. The molecule has 0 fully saturated rings. The molecule has 1 atom stereocenters. The van der Waals surface area contributed by atoms with E-state index < -0.39 is 0 Å². The zero-order valence-electron chi connectivity index (χ0n) is 9.21. The van der Waals surface area contributed by atoms with Crippen molar-refractivity contribution in [3.63, 3.8) is 0 Å². The first-order chi connectivity index (χ1) is 8.31. The number of pyridine rings is 1. The monoisotopic (exact) mass is 264 g/mol. The Hall–Kier alpha value is -1.03. The summed E-state index contributed by atoms with van der Waals surface area (Å²) >= 11 is 7.81. The van der Waals surface area contributed by atoms with Crippen LogP contribution in [-0.2, 0) is 0 Å². The number of hydrogen-bond acceptors (Lipinski definition) is 3. The zero-order chi connectivity index (χ0) is 12.1. The summed E-state index contributed by atoms with van der Waals surface area (Å²) in [6.07, 6.45) is 3.61. The Balaban J connectivity index is 2.19. The lowest BCUT2D eigenvalue weighted by molar-refractivity contribution is 0.932. The van der Waals surface area contributed by atoms with E-state index in [1.54, 1.807) is 18.0 Å². The largest absolute Gasteiger partial charge is 0.329 e. The SMILES string of the molecule is NCC(Sc1ccccc1Cl)c1cccnc1. The Kier molecular flexibility index (Phi) is 4.42. The van der Waals surface area contributed by atoms with Crippen LogP contribution in [0.15, 0.2) is 53.7 Å². The zero-order valence-corrected chi connectivity index (χ0v) is 10.8. The normalized spacial score (nSPS) is 12.4. The van der Waals surface area contributed by atoms with E-state index >= 15 is 0 Å². The van der Waals surface area contributed by atoms with E-state index in [2.05, 4.69) is 4.98 Å². The van der Waals surface area contributed by atoms with Gasteiger partial charge in [-0.05, 0) is 23.8 Å². The fraction of sp³-hybridized carbons (Fsp3) is 0.154. The van der Waals surface area contributed by atoms with E-state index in [1.165, 1.54) is 0 Å². The molecule has 1 heterocycles. The molecule has 0 aliphatic rings. The van der Waals surface area contributed by atoms with Gasteiger partial charge in [-0.1, -0.05) is 29.8 Å². The summed E-state index contributed by atoms with van der Waals surface area (Å²) in [4.78, 5) is 5.17. The average molecular weight is 265 g/mol. The van der Waals surface area contributed by atoms with Crippen LogP contribution < -0.4 is 5.73 Å². The van der Waals surface area contributed by atoms with Gasteiger partial charge in [0.2, 0.25) is 0 Å². The summed E-state index contributed by atoms with van der Waals surface area (Å²) < 4.78 is 0. The first-order valence-corrected chi connectivity index (χ1v) is 6.58. The first kappa shape index (κ1) is 12.4. The Bertz CT molecular complexity index is 476. The van der Waals surface area contributed by atoms with Gasteiger partial charge in [-0.25, -0.2) is 0 Å². The number of nitrogens with two attached hydrogens (primary N) is 1. The van der Waals surface area contributed by atoms with Crippen LogP contribution in [-0.4, -0.2) is 11.5 Å². The van der Waals surface area contributed by atoms with Gasteiger partial charge in [0.1, 0.15) is 0 Å². The maximum atomic E-state index is 6.14. The molecule has 2 aromatic rings. The number of aromatic nitrogens is 1. The standard InChI is InChI=1S/C13H13ClN2S/c14-11-5-1-2-6-12(11)17-13(8-15)10-4-3-7-16-9-10/h1-7,9,13H,8,15H2. The maximum Gasteiger partial charge on any atom is 0.0542 e. The molecule has 88 valence electrons. The highest BCUT2D eigenvalue weighted by Gasteiger charge is 2.12. The van der Waals surface area contributed by atoms with Gasteiger partial charge >= 0.3 is 0 Å². The molecule has 0 amide bonds. The Morgan fingerprint density at radius 3 is 2.71 bits per heavy atom. The molecule has 0 spiro atoms. The van der Waals surface area contributed by atoms with Gasteiger partial charge in [0.25, 0.3) is 0 Å². The van der Waals surface area contributed by atoms with Crippen molar-refractivity contribution >= 4 is 23.4 Å². The lowest BCUT2D eigenvalue weighted by atomic mass is 10.2. The predicted molar refractivity (Wildman–Crippen MR) is 73.3 cm³/mol. The Morgan fingerprint density at radius 1 is 1.24 bits per heavy atom. The van der Waals surface area contributed by atoms with Crippen molar-refractivity contribution in [2.24, 2.45) is 5.73 Å². The number of hydrogen-bond donors (Lipinski definition) is 1. The van der Waals surface area contributed by atoms with E-state index in [-0.39, 0.29) is 5.25 Å². The van der Waals surface area contributed by atoms with Crippen LogP contribution in [0.1, 0.15) is 10.8 Å². The lowest BCUT2D eigenvalue weighted by Gasteiger charge is -2.15. The van der Waals surface area contributed by atoms with Gasteiger partial charge in [-0.2, -0.15) is 0 Å². The quantitative estimate of drug-likeness (QED) is 0.859. The molecule has 0 aliphatic carbocycles. The third-order valence-corrected chi connectivity index (χ3v) is 4.18. The molecule has 2 rings (SSSR count). The van der Waals surface area contributed by atoms with Gasteiger partial charge in [0.15, 0.2) is 0 Å². The van der Waals surface area contributed by atoms with Gasteiger partial charge in [-0.15, -0.1) is 11.8 Å². The molecule has 0 radical (unpaired) electrons. The van der Waals surface area contributed by atoms with Crippen LogP contribution in [0.5, 0.6) is 0 Å². The smallest absolute Gasteiger partial charge is 0.0542 e. The van der Waals surface area contributed by atoms with E-state index in [9.17, 15) is 0 Å². The van der Waals surface area contributed by atoms with Crippen LogP contribution in [0.3, 0.4) is 0 Å². The fourth-order valence-electron chi connectivity index (χ4n) is 1.51. The van der Waals surface area contributed by atoms with Crippen molar-refractivity contribution in [3.8, 4) is 0 Å². The molecule has 4 heteroatoms. The highest BCUT2D eigenvalue weighted by atomic mass is 35.5. The highest BCUT2D eigenvalue weighted by Crippen LogP contribution is 2.37. The van der Waals surface area contributed by atoms with E-state index in [4.69, 9.17) is 17.3 Å². The van der Waals surface area contributed by atoms with Gasteiger partial charge in [0.05, 0.1) is 5.02 Å². The minimum Gasteiger partial charge on any atom is -0.329 e. The summed E-state index contributed by atoms with van der Waals surface area (Å²) in [7, 11) is 0. The van der Waals surface area contributed by atoms with Crippen molar-refractivity contribution in [3.05, 3.63) is 59.4 Å². The third-order valence-electron chi connectivity index (χ3n) is 2.38. The summed E-state index contributed by atoms with van der Waals surface area (Å²) in [6, 6.07) is 11.8. The Morgan fingerprint density at radius 2 is 2.06 bits per heavy atom. The first-order valence-electron chi connectivity index (χ1n) is 5.32. The van der Waals surface area contributed by atoms with Gasteiger partial charge < -0.3 is 5.73 Å². The molecule has 2 N–H and O–H groups in total. The van der Waals surface area contributed by atoms with Crippen molar-refractivity contribution in [1.29, 1.82) is 0 Å². The average Bonchev–Trinajstić information content (AvgIpc) is 2.39. The van der Waals surface area contributed by atoms with Crippen molar-refractivity contribution in [2.75, 3.05) is 6.54 Å². The summed E-state index contributed by atoms with van der Waals surface area (Å²) in [5, 5.41) is 0.948. The van der Waals surface area contributed by atoms with Crippen molar-refractivity contribution in [1.82, 2.24) is 4.98 Å². The molecule has 0 saturated heterocycles. The van der Waals surface area contributed by atoms with Crippen LogP contribution >= 0.6 is 23.4 Å². The summed E-state index contributed by atoms with van der Waals surface area (Å²) in [5.74, 6) is 0. The second-order valence-electron chi connectivity index (χ2n) is 3.56. The van der Waals surface area contributed by atoms with Crippen LogP contribution in [0.4, 0.5) is 0 Å². The van der Waals surface area contributed by atoms with Gasteiger partial charge in [0, 0.05) is 29.1 Å². The minimum atomic E-state index is 0.184. The molecule has 0 bridgehead atoms. The second-order valence-corrected chi connectivity index (χ2v) is 5.21. The summed E-state index contributed by atoms with van der Waals surface area (Å²) in [5.41, 5.74) is 6.94. The summed E-state index contributed by atoms with van der Waals surface area (Å²) in [6.45, 7) is 0.557. The predicted octanol–water partition coefficient (Wildman–Crippen LogP) is 3.53. The highest BCUT2D eigenvalue weighted by molar-refractivity contribution is 7.99. The molecule has 1 aromatic carbocycles. The lowest BCUT2D eigenvalue weighted by Crippen LogP contribution is -2.09. The molecule has 2 nitrogen and oxygen atoms in total. The molecule has 17 heavy (non-hydrogen) atoms. The topological polar surface area (TPSA) is 38.9 Å². The van der Waals surface area contributed by atoms with Crippen LogP contribution in [0.2, 0.25) is 5.02 Å². The number of halogens is 1. The molecular weight excluding hydrogens is 252 g/mol. The number of benzene rings is 1. The van der Waals surface area contributed by atoms with E-state index in [0.29, 0.717) is 6.54 Å². The van der Waals surface area contributed by atoms with Crippen molar-refractivity contribution in [2.45, 2.75) is 10.1 Å². The number of nitrogens with zero attached hydrogens (tertiary/aromatic N) is 1. The third kappa shape index (κ3) is 3.22. The van der Waals surface area contributed by atoms with E-state index in [0.717, 1.165) is 15.5 Å².